The number of nitrogens with one attached hydrogen (secondary N) is 2. The van der Waals surface area contributed by atoms with Gasteiger partial charge < -0.3 is 24.4 Å². The number of carbonyl (C=O) groups excluding carboxylic acids is 3. The lowest BCUT2D eigenvalue weighted by Gasteiger charge is -2.25. The molecule has 27 heavy (non-hydrogen) atoms. The van der Waals surface area contributed by atoms with Crippen LogP contribution in [0.25, 0.3) is 11.1 Å². The molecule has 1 aliphatic rings. The van der Waals surface area contributed by atoms with Crippen molar-refractivity contribution in [1.29, 1.82) is 0 Å². The fourth-order valence-electron chi connectivity index (χ4n) is 3.13. The fourth-order valence-corrected chi connectivity index (χ4v) is 3.13. The molecule has 0 radical (unpaired) electrons. The van der Waals surface area contributed by atoms with Crippen LogP contribution in [-0.2, 0) is 11.2 Å². The number of anilines is 1. The number of furan rings is 1. The first kappa shape index (κ1) is 16.9. The summed E-state index contributed by atoms with van der Waals surface area (Å²) in [5.74, 6) is -0.836. The van der Waals surface area contributed by atoms with Crippen molar-refractivity contribution >= 4 is 34.6 Å². The van der Waals surface area contributed by atoms with E-state index in [4.69, 9.17) is 4.42 Å². The van der Waals surface area contributed by atoms with Crippen LogP contribution in [0.15, 0.2) is 34.7 Å². The molecule has 0 atom stereocenters. The molecule has 138 valence electrons. The molecule has 1 aliphatic heterocycles. The van der Waals surface area contributed by atoms with Crippen molar-refractivity contribution in [1.82, 2.24) is 9.88 Å². The lowest BCUT2D eigenvalue weighted by Crippen LogP contribution is -2.34. The van der Waals surface area contributed by atoms with Gasteiger partial charge in [-0.3, -0.25) is 9.59 Å². The third kappa shape index (κ3) is 2.95. The van der Waals surface area contributed by atoms with E-state index in [1.807, 2.05) is 6.07 Å². The van der Waals surface area contributed by atoms with Gasteiger partial charge in [0.1, 0.15) is 5.69 Å². The van der Waals surface area contributed by atoms with Gasteiger partial charge in [0.25, 0.3) is 11.8 Å². The number of aromatic amines is 1. The second kappa shape index (κ2) is 6.31. The molecular weight excluding hydrogens is 350 g/mol. The highest BCUT2D eigenvalue weighted by Gasteiger charge is 2.22. The molecule has 1 aromatic carbocycles. The van der Waals surface area contributed by atoms with E-state index in [0.29, 0.717) is 28.9 Å². The molecule has 8 nitrogen and oxygen atoms in total. The summed E-state index contributed by atoms with van der Waals surface area (Å²) >= 11 is 0. The van der Waals surface area contributed by atoms with Crippen LogP contribution in [0, 0.1) is 0 Å². The number of carbonyl (C=O) groups is 3. The Kier molecular flexibility index (Phi) is 3.95. The highest BCUT2D eigenvalue weighted by atomic mass is 16.5. The maximum Gasteiger partial charge on any atom is 0.354 e. The zero-order valence-corrected chi connectivity index (χ0v) is 14.8. The van der Waals surface area contributed by atoms with E-state index in [0.717, 1.165) is 12.0 Å². The van der Waals surface area contributed by atoms with Gasteiger partial charge in [-0.05, 0) is 30.2 Å². The average molecular weight is 367 g/mol. The summed E-state index contributed by atoms with van der Waals surface area (Å²) in [5.41, 5.74) is 3.32. The molecule has 2 aromatic heterocycles. The van der Waals surface area contributed by atoms with Crippen LogP contribution >= 0.6 is 0 Å². The second-order valence-corrected chi connectivity index (χ2v) is 6.37. The van der Waals surface area contributed by atoms with Gasteiger partial charge in [-0.25, -0.2) is 4.79 Å². The van der Waals surface area contributed by atoms with Crippen LogP contribution < -0.4 is 5.32 Å². The lowest BCUT2D eigenvalue weighted by molar-refractivity contribution is 0.0594. The van der Waals surface area contributed by atoms with Crippen LogP contribution in [0.2, 0.25) is 0 Å². The highest BCUT2D eigenvalue weighted by Crippen LogP contribution is 2.24. The number of esters is 1. The Bertz CT molecular complexity index is 1050. The van der Waals surface area contributed by atoms with E-state index in [1.165, 1.54) is 19.2 Å². The van der Waals surface area contributed by atoms with E-state index in [2.05, 4.69) is 15.0 Å². The molecular formula is C19H17N3O5. The quantitative estimate of drug-likeness (QED) is 0.692. The number of fused-ring (bicyclic) bond motifs is 2. The molecule has 0 unspecified atom stereocenters. The Hall–Kier alpha value is -3.55. The molecule has 0 saturated carbocycles. The topological polar surface area (TPSA) is 105 Å². The summed E-state index contributed by atoms with van der Waals surface area (Å²) in [6.07, 6.45) is 0.737. The predicted molar refractivity (Wildman–Crippen MR) is 97.0 cm³/mol. The second-order valence-electron chi connectivity index (χ2n) is 6.37. The van der Waals surface area contributed by atoms with Crippen molar-refractivity contribution in [3.63, 3.8) is 0 Å². The Balaban J connectivity index is 1.54. The number of H-pyrrole nitrogens is 1. The molecule has 2 amide bonds. The molecule has 0 spiro atoms. The van der Waals surface area contributed by atoms with E-state index >= 15 is 0 Å². The SMILES string of the molecule is COC(=O)c1cc2oc(C(=O)Nc3ccc4c(c3)CCN(C)C4=O)cc2[nH]1. The monoisotopic (exact) mass is 367 g/mol. The molecule has 0 aliphatic carbocycles. The minimum Gasteiger partial charge on any atom is -0.464 e. The molecule has 3 heterocycles. The van der Waals surface area contributed by atoms with Crippen LogP contribution in [0.5, 0.6) is 0 Å². The van der Waals surface area contributed by atoms with E-state index in [9.17, 15) is 14.4 Å². The minimum atomic E-state index is -0.512. The summed E-state index contributed by atoms with van der Waals surface area (Å²) in [7, 11) is 3.05. The summed E-state index contributed by atoms with van der Waals surface area (Å²) in [4.78, 5) is 40.6. The van der Waals surface area contributed by atoms with Gasteiger partial charge in [0.05, 0.1) is 12.6 Å². The summed E-state index contributed by atoms with van der Waals surface area (Å²) in [6.45, 7) is 0.647. The Morgan fingerprint density at radius 2 is 2.07 bits per heavy atom. The van der Waals surface area contributed by atoms with E-state index in [-0.39, 0.29) is 17.4 Å². The number of aromatic nitrogens is 1. The number of benzene rings is 1. The van der Waals surface area contributed by atoms with Crippen LogP contribution in [0.3, 0.4) is 0 Å². The van der Waals surface area contributed by atoms with E-state index < -0.39 is 11.9 Å². The maximum absolute atomic E-state index is 12.5. The summed E-state index contributed by atoms with van der Waals surface area (Å²) in [6, 6.07) is 8.23. The normalized spacial score (nSPS) is 13.6. The fraction of sp³-hybridized carbons (Fsp3) is 0.211. The van der Waals surface area contributed by atoms with E-state index in [1.54, 1.807) is 24.1 Å². The molecule has 0 fully saturated rings. The number of ether oxygens (including phenoxy) is 1. The zero-order chi connectivity index (χ0) is 19.1. The standard InChI is InChI=1S/C19H17N3O5/c1-22-6-5-10-7-11(3-4-12(10)18(22)24)20-17(23)16-8-13-15(27-16)9-14(21-13)19(25)26-2/h3-4,7-9,21H,5-6H2,1-2H3,(H,20,23). The first-order chi connectivity index (χ1) is 13.0. The smallest absolute Gasteiger partial charge is 0.354 e. The van der Waals surface area contributed by atoms with Gasteiger partial charge >= 0.3 is 5.97 Å². The number of hydrogen-bond acceptors (Lipinski definition) is 5. The zero-order valence-electron chi connectivity index (χ0n) is 14.8. The summed E-state index contributed by atoms with van der Waals surface area (Å²) in [5, 5.41) is 2.77. The first-order valence-electron chi connectivity index (χ1n) is 8.37. The van der Waals surface area contributed by atoms with Crippen molar-refractivity contribution in [3.8, 4) is 0 Å². The predicted octanol–water partition coefficient (Wildman–Crippen LogP) is 2.43. The lowest BCUT2D eigenvalue weighted by atomic mass is 9.98. The molecule has 4 rings (SSSR count). The van der Waals surface area contributed by atoms with Crippen molar-refractivity contribution in [2.24, 2.45) is 0 Å². The minimum absolute atomic E-state index is 0.0177. The third-order valence-corrected chi connectivity index (χ3v) is 4.59. The number of hydrogen-bond donors (Lipinski definition) is 2. The molecule has 2 N–H and O–H groups in total. The molecule has 0 bridgehead atoms. The van der Waals surface area contributed by atoms with Gasteiger partial charge in [-0.15, -0.1) is 0 Å². The Morgan fingerprint density at radius 3 is 2.81 bits per heavy atom. The molecule has 3 aromatic rings. The average Bonchev–Trinajstić information content (AvgIpc) is 3.23. The van der Waals surface area contributed by atoms with Gasteiger partial charge in [0.15, 0.2) is 11.3 Å². The van der Waals surface area contributed by atoms with Crippen molar-refractivity contribution in [2.45, 2.75) is 6.42 Å². The third-order valence-electron chi connectivity index (χ3n) is 4.59. The van der Waals surface area contributed by atoms with Gasteiger partial charge in [-0.2, -0.15) is 0 Å². The highest BCUT2D eigenvalue weighted by molar-refractivity contribution is 6.05. The van der Waals surface area contributed by atoms with Crippen molar-refractivity contribution in [3.05, 3.63) is 52.9 Å². The molecule has 8 heteroatoms. The summed E-state index contributed by atoms with van der Waals surface area (Å²) < 4.78 is 10.1. The van der Waals surface area contributed by atoms with Crippen molar-refractivity contribution < 1.29 is 23.5 Å². The number of rotatable bonds is 3. The first-order valence-corrected chi connectivity index (χ1v) is 8.37. The number of likely N-dealkylation sites (N-methyl/N-ethyl adjacent to an activating group) is 1. The van der Waals surface area contributed by atoms with Crippen LogP contribution in [-0.4, -0.2) is 48.4 Å². The van der Waals surface area contributed by atoms with Gasteiger partial charge in [0.2, 0.25) is 0 Å². The Labute approximate surface area is 154 Å². The van der Waals surface area contributed by atoms with Crippen molar-refractivity contribution in [2.75, 3.05) is 26.0 Å². The van der Waals surface area contributed by atoms with Crippen LogP contribution in [0.4, 0.5) is 5.69 Å². The molecule has 0 saturated heterocycles. The van der Waals surface area contributed by atoms with Crippen LogP contribution in [0.1, 0.15) is 37.0 Å². The number of methoxy groups -OCH3 is 1. The Morgan fingerprint density at radius 1 is 1.26 bits per heavy atom. The van der Waals surface area contributed by atoms with Gasteiger partial charge in [-0.1, -0.05) is 0 Å². The number of amides is 2. The largest absolute Gasteiger partial charge is 0.464 e. The van der Waals surface area contributed by atoms with Gasteiger partial charge in [0, 0.05) is 37.0 Å². The maximum atomic E-state index is 12.5. The number of nitrogens with zero attached hydrogens (tertiary/aromatic N) is 1.